The van der Waals surface area contributed by atoms with Gasteiger partial charge >= 0.3 is 0 Å². The molecular formula is C19H25N3O4. The van der Waals surface area contributed by atoms with E-state index in [9.17, 15) is 4.79 Å². The molecular weight excluding hydrogens is 334 g/mol. The highest BCUT2D eigenvalue weighted by molar-refractivity contribution is 5.91. The highest BCUT2D eigenvalue weighted by Gasteiger charge is 2.34. The van der Waals surface area contributed by atoms with E-state index in [-0.39, 0.29) is 17.9 Å². The van der Waals surface area contributed by atoms with Gasteiger partial charge in [-0.05, 0) is 44.2 Å². The van der Waals surface area contributed by atoms with Crippen LogP contribution < -0.4 is 0 Å². The Hall–Kier alpha value is -2.15. The molecule has 2 aliphatic heterocycles. The molecule has 4 heterocycles. The quantitative estimate of drug-likeness (QED) is 0.831. The van der Waals surface area contributed by atoms with Crippen molar-refractivity contribution in [3.63, 3.8) is 0 Å². The van der Waals surface area contributed by atoms with E-state index in [2.05, 4.69) is 10.2 Å². The van der Waals surface area contributed by atoms with Crippen LogP contribution in [0.4, 0.5) is 0 Å². The largest absolute Gasteiger partial charge is 0.456 e. The van der Waals surface area contributed by atoms with Crippen LogP contribution in [-0.4, -0.2) is 40.8 Å². The first-order valence-electron chi connectivity index (χ1n) is 9.57. The van der Waals surface area contributed by atoms with Gasteiger partial charge < -0.3 is 18.5 Å². The molecule has 2 saturated heterocycles. The number of hydrogen-bond acceptors (Lipinski definition) is 6. The minimum absolute atomic E-state index is 0.0970. The van der Waals surface area contributed by atoms with Crippen molar-refractivity contribution < 1.29 is 18.4 Å². The molecule has 2 aromatic rings. The predicted molar refractivity (Wildman–Crippen MR) is 92.8 cm³/mol. The van der Waals surface area contributed by atoms with Gasteiger partial charge in [-0.3, -0.25) is 4.79 Å². The summed E-state index contributed by atoms with van der Waals surface area (Å²) in [4.78, 5) is 14.8. The maximum Gasteiger partial charge on any atom is 0.290 e. The first-order valence-corrected chi connectivity index (χ1v) is 9.57. The van der Waals surface area contributed by atoms with Crippen LogP contribution in [0.2, 0.25) is 0 Å². The van der Waals surface area contributed by atoms with Gasteiger partial charge in [0.05, 0.1) is 0 Å². The molecule has 1 amide bonds. The Balaban J connectivity index is 1.53. The first-order chi connectivity index (χ1) is 12.8. The Morgan fingerprint density at radius 1 is 1.12 bits per heavy atom. The number of furan rings is 1. The third-order valence-electron chi connectivity index (χ3n) is 5.30. The summed E-state index contributed by atoms with van der Waals surface area (Å²) in [5.41, 5.74) is 0. The lowest BCUT2D eigenvalue weighted by molar-refractivity contribution is 0.0529. The Morgan fingerprint density at radius 3 is 2.69 bits per heavy atom. The van der Waals surface area contributed by atoms with Gasteiger partial charge in [-0.25, -0.2) is 0 Å². The lowest BCUT2D eigenvalue weighted by Gasteiger charge is -2.32. The molecule has 0 radical (unpaired) electrons. The summed E-state index contributed by atoms with van der Waals surface area (Å²) in [7, 11) is 0. The van der Waals surface area contributed by atoms with E-state index >= 15 is 0 Å². The summed E-state index contributed by atoms with van der Waals surface area (Å²) >= 11 is 0. The summed E-state index contributed by atoms with van der Waals surface area (Å²) < 4.78 is 17.1. The number of piperidine rings is 1. The molecule has 7 heteroatoms. The van der Waals surface area contributed by atoms with E-state index < -0.39 is 0 Å². The van der Waals surface area contributed by atoms with Crippen LogP contribution in [0.3, 0.4) is 0 Å². The zero-order valence-electron chi connectivity index (χ0n) is 15.1. The van der Waals surface area contributed by atoms with Crippen molar-refractivity contribution in [2.75, 3.05) is 19.8 Å². The number of aromatic nitrogens is 2. The number of likely N-dealkylation sites (tertiary alicyclic amines) is 1. The second-order valence-corrected chi connectivity index (χ2v) is 6.99. The van der Waals surface area contributed by atoms with Crippen LogP contribution in [0.25, 0.3) is 0 Å². The minimum Gasteiger partial charge on any atom is -0.456 e. The molecule has 26 heavy (non-hydrogen) atoms. The second kappa shape index (κ2) is 7.61. The highest BCUT2D eigenvalue weighted by Crippen LogP contribution is 2.34. The normalized spacial score (nSPS) is 21.9. The molecule has 0 aliphatic carbocycles. The molecule has 0 unspecified atom stereocenters. The number of rotatable bonds is 4. The summed E-state index contributed by atoms with van der Waals surface area (Å²) in [6.45, 7) is 4.15. The minimum atomic E-state index is -0.174. The van der Waals surface area contributed by atoms with Crippen molar-refractivity contribution in [2.24, 2.45) is 0 Å². The van der Waals surface area contributed by atoms with E-state index in [0.29, 0.717) is 24.1 Å². The van der Waals surface area contributed by atoms with Gasteiger partial charge in [0.2, 0.25) is 11.8 Å². The van der Waals surface area contributed by atoms with Gasteiger partial charge in [0.15, 0.2) is 5.76 Å². The maximum absolute atomic E-state index is 12.9. The maximum atomic E-state index is 12.9. The van der Waals surface area contributed by atoms with Crippen molar-refractivity contribution in [1.82, 2.24) is 15.1 Å². The molecule has 1 atom stereocenters. The Kier molecular flexibility index (Phi) is 5.06. The Labute approximate surface area is 152 Å². The molecule has 7 nitrogen and oxygen atoms in total. The summed E-state index contributed by atoms with van der Waals surface area (Å²) in [5.74, 6) is 2.59. The zero-order chi connectivity index (χ0) is 17.9. The summed E-state index contributed by atoms with van der Waals surface area (Å²) in [6.07, 6.45) is 5.44. The van der Waals surface area contributed by atoms with Gasteiger partial charge in [-0.15, -0.1) is 10.2 Å². The lowest BCUT2D eigenvalue weighted by atomic mass is 10.0. The van der Waals surface area contributed by atoms with Crippen molar-refractivity contribution in [3.8, 4) is 0 Å². The molecule has 0 saturated carbocycles. The van der Waals surface area contributed by atoms with E-state index in [4.69, 9.17) is 13.6 Å². The molecule has 4 rings (SSSR count). The van der Waals surface area contributed by atoms with E-state index in [1.54, 1.807) is 6.07 Å². The van der Waals surface area contributed by atoms with E-state index in [0.717, 1.165) is 57.5 Å². The topological polar surface area (TPSA) is 81.6 Å². The molecule has 0 aromatic carbocycles. The van der Waals surface area contributed by atoms with E-state index in [1.807, 2.05) is 17.9 Å². The SMILES string of the molecule is CCc1ccc(C(=O)N2CCCC[C@@H]2c2nnc(C3CCOCC3)o2)o1. The molecule has 2 aromatic heterocycles. The highest BCUT2D eigenvalue weighted by atomic mass is 16.5. The van der Waals surface area contributed by atoms with Gasteiger partial charge in [0, 0.05) is 32.1 Å². The predicted octanol–water partition coefficient (Wildman–Crippen LogP) is 3.49. The van der Waals surface area contributed by atoms with Crippen LogP contribution in [0.15, 0.2) is 21.0 Å². The van der Waals surface area contributed by atoms with Crippen molar-refractivity contribution in [1.29, 1.82) is 0 Å². The number of ether oxygens (including phenoxy) is 1. The van der Waals surface area contributed by atoms with Gasteiger partial charge in [-0.2, -0.15) is 0 Å². The summed E-state index contributed by atoms with van der Waals surface area (Å²) in [6, 6.07) is 3.45. The zero-order valence-corrected chi connectivity index (χ0v) is 15.1. The average Bonchev–Trinajstić information content (AvgIpc) is 3.38. The van der Waals surface area contributed by atoms with Crippen molar-refractivity contribution in [3.05, 3.63) is 35.4 Å². The molecule has 2 aliphatic rings. The smallest absolute Gasteiger partial charge is 0.290 e. The number of carbonyl (C=O) groups excluding carboxylic acids is 1. The van der Waals surface area contributed by atoms with Crippen LogP contribution in [0.1, 0.15) is 79.1 Å². The van der Waals surface area contributed by atoms with Crippen LogP contribution in [0.5, 0.6) is 0 Å². The summed E-state index contributed by atoms with van der Waals surface area (Å²) in [5, 5.41) is 8.55. The van der Waals surface area contributed by atoms with Crippen LogP contribution in [0, 0.1) is 0 Å². The number of carbonyl (C=O) groups is 1. The third-order valence-corrected chi connectivity index (χ3v) is 5.30. The average molecular weight is 359 g/mol. The number of aryl methyl sites for hydroxylation is 1. The number of hydrogen-bond donors (Lipinski definition) is 0. The van der Waals surface area contributed by atoms with Crippen molar-refractivity contribution in [2.45, 2.75) is 57.4 Å². The third kappa shape index (κ3) is 3.40. The standard InChI is InChI=1S/C19H25N3O4/c1-2-14-6-7-16(25-14)19(23)22-10-4-3-5-15(22)18-21-20-17(26-18)13-8-11-24-12-9-13/h6-7,13,15H,2-5,8-12H2,1H3/t15-/m1/s1. The fraction of sp³-hybridized carbons (Fsp3) is 0.632. The van der Waals surface area contributed by atoms with Crippen LogP contribution in [-0.2, 0) is 11.2 Å². The number of amides is 1. The molecule has 0 bridgehead atoms. The monoisotopic (exact) mass is 359 g/mol. The molecule has 0 N–H and O–H groups in total. The van der Waals surface area contributed by atoms with Crippen LogP contribution >= 0.6 is 0 Å². The molecule has 2 fully saturated rings. The van der Waals surface area contributed by atoms with E-state index in [1.165, 1.54) is 0 Å². The first kappa shape index (κ1) is 17.3. The molecule has 140 valence electrons. The second-order valence-electron chi connectivity index (χ2n) is 6.99. The fourth-order valence-corrected chi connectivity index (χ4v) is 3.75. The van der Waals surface area contributed by atoms with Gasteiger partial charge in [0.25, 0.3) is 5.91 Å². The lowest BCUT2D eigenvalue weighted by Crippen LogP contribution is -2.38. The van der Waals surface area contributed by atoms with Crippen molar-refractivity contribution >= 4 is 5.91 Å². The molecule has 0 spiro atoms. The Bertz CT molecular complexity index is 748. The van der Waals surface area contributed by atoms with Gasteiger partial charge in [-0.1, -0.05) is 6.92 Å². The fourth-order valence-electron chi connectivity index (χ4n) is 3.75. The Morgan fingerprint density at radius 2 is 1.92 bits per heavy atom. The van der Waals surface area contributed by atoms with Gasteiger partial charge in [0.1, 0.15) is 11.8 Å². The number of nitrogens with zero attached hydrogens (tertiary/aromatic N) is 3.